The Morgan fingerprint density at radius 2 is 0.900 bits per heavy atom. The predicted octanol–water partition coefficient (Wildman–Crippen LogP) is -0.596. The summed E-state index contributed by atoms with van der Waals surface area (Å²) in [5.41, 5.74) is 0. The van der Waals surface area contributed by atoms with E-state index < -0.39 is 12.6 Å². The molecule has 0 aliphatic heterocycles. The molecule has 10 heavy (non-hydrogen) atoms. The molecule has 1 nitrogen and oxygen atoms in total. The molecule has 0 heterocycles. The van der Waals surface area contributed by atoms with Crippen LogP contribution in [0.25, 0.3) is 5.32 Å². The summed E-state index contributed by atoms with van der Waals surface area (Å²) >= 11 is 0. The molecular formula is C2F6LiN. The van der Waals surface area contributed by atoms with Gasteiger partial charge in [-0.25, -0.2) is 0 Å². The Morgan fingerprint density at radius 3 is 0.900 bits per heavy atom. The van der Waals surface area contributed by atoms with Crippen LogP contribution in [0.15, 0.2) is 0 Å². The summed E-state index contributed by atoms with van der Waals surface area (Å²) in [5.74, 6) is 0. The van der Waals surface area contributed by atoms with Gasteiger partial charge in [-0.15, -0.1) is 0 Å². The predicted molar refractivity (Wildman–Crippen MR) is 15.5 cm³/mol. The van der Waals surface area contributed by atoms with Gasteiger partial charge in [-0.3, -0.25) is 0 Å². The third-order valence-electron chi connectivity index (χ3n) is 0.254. The van der Waals surface area contributed by atoms with Gasteiger partial charge in [-0.05, 0) is 0 Å². The Morgan fingerprint density at radius 1 is 0.700 bits per heavy atom. The van der Waals surface area contributed by atoms with Crippen molar-refractivity contribution in [1.29, 1.82) is 0 Å². The molecule has 0 radical (unpaired) electrons. The van der Waals surface area contributed by atoms with Gasteiger partial charge in [0, 0.05) is 0 Å². The van der Waals surface area contributed by atoms with Crippen LogP contribution in [0, 0.1) is 0 Å². The van der Waals surface area contributed by atoms with E-state index in [1.165, 1.54) is 0 Å². The van der Waals surface area contributed by atoms with Gasteiger partial charge in [0.25, 0.3) is 0 Å². The van der Waals surface area contributed by atoms with Crippen molar-refractivity contribution < 1.29 is 45.2 Å². The van der Waals surface area contributed by atoms with E-state index in [2.05, 4.69) is 0 Å². The van der Waals surface area contributed by atoms with Gasteiger partial charge >= 0.3 is 31.5 Å². The number of rotatable bonds is 0. The number of halogens is 6. The zero-order chi connectivity index (χ0) is 7.71. The molecule has 0 aliphatic rings. The maximum atomic E-state index is 10.7. The fourth-order valence-corrected chi connectivity index (χ4v) is 0.144. The van der Waals surface area contributed by atoms with E-state index in [0.29, 0.717) is 5.32 Å². The molecule has 0 rings (SSSR count). The first kappa shape index (κ1) is 12.8. The number of nitrogens with zero attached hydrogens (tertiary/aromatic N) is 1. The van der Waals surface area contributed by atoms with Gasteiger partial charge in [0.05, 0.1) is 0 Å². The Balaban J connectivity index is 0. The fraction of sp³-hybridized carbons (Fsp3) is 1.00. The molecule has 0 unspecified atom stereocenters. The molecule has 0 aromatic carbocycles. The van der Waals surface area contributed by atoms with Crippen LogP contribution in [0.3, 0.4) is 0 Å². The summed E-state index contributed by atoms with van der Waals surface area (Å²) in [7, 11) is 0. The summed E-state index contributed by atoms with van der Waals surface area (Å²) < 4.78 is 64.0. The maximum absolute atomic E-state index is 10.7. The molecule has 56 valence electrons. The Labute approximate surface area is 63.9 Å². The largest absolute Gasteiger partial charge is 1.00 e. The van der Waals surface area contributed by atoms with Crippen LogP contribution in [0.5, 0.6) is 0 Å². The average molecular weight is 159 g/mol. The van der Waals surface area contributed by atoms with Crippen LogP contribution in [0.2, 0.25) is 0 Å². The second-order valence-electron chi connectivity index (χ2n) is 1.05. The zero-order valence-corrected chi connectivity index (χ0v) is 4.72. The SMILES string of the molecule is FC(F)(F)[N-]C(F)(F)F.[Li+]. The van der Waals surface area contributed by atoms with Crippen LogP contribution < -0.4 is 18.9 Å². The van der Waals surface area contributed by atoms with E-state index in [1.807, 2.05) is 0 Å². The fourth-order valence-electron chi connectivity index (χ4n) is 0.144. The normalized spacial score (nSPS) is 12.6. The first-order chi connectivity index (χ1) is 3.71. The van der Waals surface area contributed by atoms with E-state index >= 15 is 0 Å². The second kappa shape index (κ2) is 3.51. The summed E-state index contributed by atoms with van der Waals surface area (Å²) in [6.45, 7) is 0. The minimum Gasteiger partial charge on any atom is -0.478 e. The molecule has 0 saturated carbocycles. The van der Waals surface area contributed by atoms with Gasteiger partial charge in [0.1, 0.15) is 0 Å². The van der Waals surface area contributed by atoms with Crippen molar-refractivity contribution in [3.05, 3.63) is 5.32 Å². The summed E-state index contributed by atoms with van der Waals surface area (Å²) in [4.78, 5) is 0. The summed E-state index contributed by atoms with van der Waals surface area (Å²) in [5, 5.41) is 0.542. The molecule has 0 aliphatic carbocycles. The van der Waals surface area contributed by atoms with Crippen LogP contribution in [-0.2, 0) is 0 Å². The molecule has 0 N–H and O–H groups in total. The van der Waals surface area contributed by atoms with Crippen molar-refractivity contribution in [2.75, 3.05) is 0 Å². The molecule has 0 aromatic heterocycles. The van der Waals surface area contributed by atoms with E-state index in [0.717, 1.165) is 0 Å². The molecule has 8 heteroatoms. The van der Waals surface area contributed by atoms with E-state index in [-0.39, 0.29) is 18.9 Å². The molecule has 0 spiro atoms. The van der Waals surface area contributed by atoms with E-state index in [4.69, 9.17) is 0 Å². The van der Waals surface area contributed by atoms with Crippen molar-refractivity contribution in [2.45, 2.75) is 12.6 Å². The van der Waals surface area contributed by atoms with Gasteiger partial charge in [0.2, 0.25) is 0 Å². The molecule has 0 bridgehead atoms. The van der Waals surface area contributed by atoms with Crippen molar-refractivity contribution in [2.24, 2.45) is 0 Å². The monoisotopic (exact) mass is 159 g/mol. The zero-order valence-electron chi connectivity index (χ0n) is 4.72. The Bertz CT molecular complexity index is 80.9. The maximum Gasteiger partial charge on any atom is 1.00 e. The standard InChI is InChI=1S/C2F6N.Li/c3-1(4,5)9-2(6,7)8;/q-1;+1. The second-order valence-corrected chi connectivity index (χ2v) is 1.05. The first-order valence-corrected chi connectivity index (χ1v) is 1.58. The number of alkyl halides is 6. The van der Waals surface area contributed by atoms with E-state index in [1.54, 1.807) is 0 Å². The average Bonchev–Trinajstić information content (AvgIpc) is 1.14. The van der Waals surface area contributed by atoms with Crippen molar-refractivity contribution >= 4 is 0 Å². The molecule has 0 aromatic rings. The Kier molecular flexibility index (Phi) is 4.48. The molecule has 0 atom stereocenters. The van der Waals surface area contributed by atoms with Crippen LogP contribution in [0.4, 0.5) is 26.3 Å². The minimum absolute atomic E-state index is 0. The van der Waals surface area contributed by atoms with E-state index in [9.17, 15) is 26.3 Å². The first-order valence-electron chi connectivity index (χ1n) is 1.58. The minimum atomic E-state index is -5.52. The summed E-state index contributed by atoms with van der Waals surface area (Å²) in [6, 6.07) is 0. The number of hydrogen-bond acceptors (Lipinski definition) is 0. The van der Waals surface area contributed by atoms with Crippen molar-refractivity contribution in [3.8, 4) is 0 Å². The van der Waals surface area contributed by atoms with Crippen LogP contribution in [0.1, 0.15) is 0 Å². The third-order valence-corrected chi connectivity index (χ3v) is 0.254. The van der Waals surface area contributed by atoms with Gasteiger partial charge in [-0.2, -0.15) is 26.3 Å². The van der Waals surface area contributed by atoms with Crippen molar-refractivity contribution in [3.63, 3.8) is 0 Å². The van der Waals surface area contributed by atoms with Crippen molar-refractivity contribution in [1.82, 2.24) is 0 Å². The van der Waals surface area contributed by atoms with Gasteiger partial charge in [-0.1, -0.05) is 0 Å². The van der Waals surface area contributed by atoms with Gasteiger partial charge < -0.3 is 5.32 Å². The van der Waals surface area contributed by atoms with Crippen LogP contribution >= 0.6 is 0 Å². The molecule has 0 fully saturated rings. The molecular weight excluding hydrogens is 159 g/mol. The third kappa shape index (κ3) is 11.0. The molecule has 0 saturated heterocycles. The summed E-state index contributed by atoms with van der Waals surface area (Å²) in [6.07, 6.45) is -11.0. The smallest absolute Gasteiger partial charge is 0.478 e. The van der Waals surface area contributed by atoms with Crippen LogP contribution in [-0.4, -0.2) is 12.6 Å². The molecule has 0 amide bonds. The Hall–Kier alpha value is 0.137. The quantitative estimate of drug-likeness (QED) is 0.254. The topological polar surface area (TPSA) is 14.1 Å². The number of hydrogen-bond donors (Lipinski definition) is 0. The van der Waals surface area contributed by atoms with Gasteiger partial charge in [0.15, 0.2) is 0 Å².